The molecule has 0 spiro atoms. The van der Waals surface area contributed by atoms with Gasteiger partial charge in [0.05, 0.1) is 0 Å². The normalized spacial score (nSPS) is 15.6. The van der Waals surface area contributed by atoms with Gasteiger partial charge in [-0.2, -0.15) is 0 Å². The first-order valence-electron chi connectivity index (χ1n) is 7.15. The maximum Gasteiger partial charge on any atom is -0.0384 e. The Morgan fingerprint density at radius 3 is 1.87 bits per heavy atom. The van der Waals surface area contributed by atoms with Crippen LogP contribution in [0.5, 0.6) is 0 Å². The molecule has 0 rings (SSSR count). The summed E-state index contributed by atoms with van der Waals surface area (Å²) >= 11 is 0. The van der Waals surface area contributed by atoms with E-state index < -0.39 is 0 Å². The lowest BCUT2D eigenvalue weighted by Crippen LogP contribution is -2.16. The molecule has 2 unspecified atom stereocenters. The lowest BCUT2D eigenvalue weighted by Gasteiger charge is -2.27. The van der Waals surface area contributed by atoms with Crippen molar-refractivity contribution < 1.29 is 0 Å². The molecule has 0 aromatic heterocycles. The van der Waals surface area contributed by atoms with Crippen LogP contribution in [-0.4, -0.2) is 0 Å². The third kappa shape index (κ3) is 6.98. The lowest BCUT2D eigenvalue weighted by atomic mass is 9.78. The zero-order chi connectivity index (χ0) is 11.7. The van der Waals surface area contributed by atoms with E-state index in [2.05, 4.69) is 34.6 Å². The molecule has 0 aromatic rings. The maximum absolute atomic E-state index is 2.37. The van der Waals surface area contributed by atoms with Crippen LogP contribution in [0, 0.1) is 17.8 Å². The predicted octanol–water partition coefficient (Wildman–Crippen LogP) is 5.67. The van der Waals surface area contributed by atoms with Crippen LogP contribution < -0.4 is 0 Å². The number of hydrogen-bond acceptors (Lipinski definition) is 0. The zero-order valence-electron chi connectivity index (χ0n) is 11.7. The van der Waals surface area contributed by atoms with Crippen LogP contribution in [0.15, 0.2) is 0 Å². The number of hydrogen-bond donors (Lipinski definition) is 0. The fourth-order valence-electron chi connectivity index (χ4n) is 2.76. The molecule has 0 aliphatic carbocycles. The van der Waals surface area contributed by atoms with Crippen molar-refractivity contribution in [3.05, 3.63) is 0 Å². The van der Waals surface area contributed by atoms with Crippen molar-refractivity contribution in [1.29, 1.82) is 0 Å². The van der Waals surface area contributed by atoms with Crippen molar-refractivity contribution in [2.75, 3.05) is 0 Å². The van der Waals surface area contributed by atoms with Crippen LogP contribution in [0.3, 0.4) is 0 Å². The summed E-state index contributed by atoms with van der Waals surface area (Å²) in [6.07, 6.45) is 9.88. The Bertz CT molecular complexity index is 126. The van der Waals surface area contributed by atoms with Gasteiger partial charge in [-0.15, -0.1) is 0 Å². The van der Waals surface area contributed by atoms with Crippen LogP contribution in [0.25, 0.3) is 0 Å². The monoisotopic (exact) mass is 212 g/mol. The SMILES string of the molecule is CCCCC(CC(C)C)C(CC)CCC. The Morgan fingerprint density at radius 2 is 1.47 bits per heavy atom. The van der Waals surface area contributed by atoms with Gasteiger partial charge in [0.1, 0.15) is 0 Å². The van der Waals surface area contributed by atoms with Gasteiger partial charge >= 0.3 is 0 Å². The van der Waals surface area contributed by atoms with E-state index in [1.807, 2.05) is 0 Å². The van der Waals surface area contributed by atoms with E-state index in [-0.39, 0.29) is 0 Å². The molecular weight excluding hydrogens is 180 g/mol. The highest BCUT2D eigenvalue weighted by molar-refractivity contribution is 4.70. The molecule has 0 saturated carbocycles. The van der Waals surface area contributed by atoms with E-state index in [0.29, 0.717) is 0 Å². The Morgan fingerprint density at radius 1 is 0.800 bits per heavy atom. The van der Waals surface area contributed by atoms with E-state index >= 15 is 0 Å². The Labute approximate surface area is 97.8 Å². The van der Waals surface area contributed by atoms with E-state index in [9.17, 15) is 0 Å². The van der Waals surface area contributed by atoms with Crippen LogP contribution >= 0.6 is 0 Å². The van der Waals surface area contributed by atoms with Crippen molar-refractivity contribution in [3.63, 3.8) is 0 Å². The smallest absolute Gasteiger partial charge is 0.0384 e. The van der Waals surface area contributed by atoms with Gasteiger partial charge in [0, 0.05) is 0 Å². The molecule has 0 aliphatic rings. The summed E-state index contributed by atoms with van der Waals surface area (Å²) in [6.45, 7) is 11.8. The van der Waals surface area contributed by atoms with E-state index in [4.69, 9.17) is 0 Å². The fourth-order valence-corrected chi connectivity index (χ4v) is 2.76. The first kappa shape index (κ1) is 15.0. The largest absolute Gasteiger partial charge is 0.0654 e. The summed E-state index contributed by atoms with van der Waals surface area (Å²) in [5.41, 5.74) is 0. The standard InChI is InChI=1S/C15H32/c1-6-9-11-15(12-13(4)5)14(8-3)10-7-2/h13-15H,6-12H2,1-5H3. The van der Waals surface area contributed by atoms with Crippen molar-refractivity contribution in [1.82, 2.24) is 0 Å². The van der Waals surface area contributed by atoms with E-state index in [1.165, 1.54) is 44.9 Å². The Balaban J connectivity index is 4.15. The highest BCUT2D eigenvalue weighted by atomic mass is 14.2. The summed E-state index contributed by atoms with van der Waals surface area (Å²) in [5, 5.41) is 0. The summed E-state index contributed by atoms with van der Waals surface area (Å²) in [4.78, 5) is 0. The number of rotatable bonds is 9. The van der Waals surface area contributed by atoms with Gasteiger partial charge in [-0.3, -0.25) is 0 Å². The first-order valence-corrected chi connectivity index (χ1v) is 7.15. The third-order valence-corrected chi connectivity index (χ3v) is 3.55. The average Bonchev–Trinajstić information content (AvgIpc) is 2.20. The molecular formula is C15H32. The van der Waals surface area contributed by atoms with Crippen molar-refractivity contribution in [2.45, 2.75) is 79.6 Å². The molecule has 0 N–H and O–H groups in total. The Kier molecular flexibility index (Phi) is 9.24. The van der Waals surface area contributed by atoms with Gasteiger partial charge in [-0.05, 0) is 24.2 Å². The second-order valence-corrected chi connectivity index (χ2v) is 5.49. The van der Waals surface area contributed by atoms with Crippen LogP contribution in [0.2, 0.25) is 0 Å². The zero-order valence-corrected chi connectivity index (χ0v) is 11.7. The summed E-state index contributed by atoms with van der Waals surface area (Å²) in [6, 6.07) is 0. The highest BCUT2D eigenvalue weighted by Gasteiger charge is 2.19. The molecule has 0 fully saturated rings. The molecule has 0 aromatic carbocycles. The molecule has 0 heteroatoms. The molecule has 0 saturated heterocycles. The Hall–Kier alpha value is 0. The second kappa shape index (κ2) is 9.24. The molecule has 2 atom stereocenters. The average molecular weight is 212 g/mol. The first-order chi connectivity index (χ1) is 7.15. The molecule has 92 valence electrons. The molecule has 0 bridgehead atoms. The van der Waals surface area contributed by atoms with Crippen LogP contribution in [-0.2, 0) is 0 Å². The summed E-state index contributed by atoms with van der Waals surface area (Å²) in [7, 11) is 0. The van der Waals surface area contributed by atoms with Gasteiger partial charge in [-0.1, -0.05) is 73.1 Å². The number of unbranched alkanes of at least 4 members (excludes halogenated alkanes) is 1. The minimum atomic E-state index is 0.873. The van der Waals surface area contributed by atoms with Crippen molar-refractivity contribution in [2.24, 2.45) is 17.8 Å². The van der Waals surface area contributed by atoms with Crippen molar-refractivity contribution in [3.8, 4) is 0 Å². The quantitative estimate of drug-likeness (QED) is 0.462. The molecule has 0 heterocycles. The minimum absolute atomic E-state index is 0.873. The molecule has 0 radical (unpaired) electrons. The second-order valence-electron chi connectivity index (χ2n) is 5.49. The van der Waals surface area contributed by atoms with Crippen LogP contribution in [0.1, 0.15) is 79.6 Å². The summed E-state index contributed by atoms with van der Waals surface area (Å²) in [5.74, 6) is 2.86. The van der Waals surface area contributed by atoms with E-state index in [1.54, 1.807) is 0 Å². The molecule has 0 nitrogen and oxygen atoms in total. The third-order valence-electron chi connectivity index (χ3n) is 3.55. The van der Waals surface area contributed by atoms with Crippen LogP contribution in [0.4, 0.5) is 0 Å². The molecule has 15 heavy (non-hydrogen) atoms. The lowest BCUT2D eigenvalue weighted by molar-refractivity contribution is 0.238. The maximum atomic E-state index is 2.37. The van der Waals surface area contributed by atoms with E-state index in [0.717, 1.165) is 17.8 Å². The van der Waals surface area contributed by atoms with Crippen molar-refractivity contribution >= 4 is 0 Å². The highest BCUT2D eigenvalue weighted by Crippen LogP contribution is 2.31. The van der Waals surface area contributed by atoms with Gasteiger partial charge in [-0.25, -0.2) is 0 Å². The molecule has 0 aliphatic heterocycles. The topological polar surface area (TPSA) is 0 Å². The predicted molar refractivity (Wildman–Crippen MR) is 71.2 cm³/mol. The van der Waals surface area contributed by atoms with Gasteiger partial charge < -0.3 is 0 Å². The minimum Gasteiger partial charge on any atom is -0.0654 e. The van der Waals surface area contributed by atoms with Gasteiger partial charge in [0.15, 0.2) is 0 Å². The van der Waals surface area contributed by atoms with Gasteiger partial charge in [0.2, 0.25) is 0 Å². The summed E-state index contributed by atoms with van der Waals surface area (Å²) < 4.78 is 0. The fraction of sp³-hybridized carbons (Fsp3) is 1.00. The van der Waals surface area contributed by atoms with Gasteiger partial charge in [0.25, 0.3) is 0 Å². The molecule has 0 amide bonds.